The molecule has 0 radical (unpaired) electrons. The lowest BCUT2D eigenvalue weighted by Crippen LogP contribution is -2.47. The first kappa shape index (κ1) is 23.1. The Hall–Kier alpha value is -2.09. The van der Waals surface area contributed by atoms with Crippen LogP contribution in [0.1, 0.15) is 25.8 Å². The van der Waals surface area contributed by atoms with Gasteiger partial charge in [0.25, 0.3) is 5.91 Å². The van der Waals surface area contributed by atoms with Crippen LogP contribution in [-0.4, -0.2) is 41.0 Å². The molecule has 168 valence electrons. The van der Waals surface area contributed by atoms with Gasteiger partial charge in [-0.05, 0) is 35.9 Å². The molecule has 0 bridgehead atoms. The minimum atomic E-state index is -1.17. The van der Waals surface area contributed by atoms with Gasteiger partial charge in [0.2, 0.25) is 0 Å². The van der Waals surface area contributed by atoms with Crippen LogP contribution in [0.5, 0.6) is 0 Å². The van der Waals surface area contributed by atoms with Gasteiger partial charge in [-0.2, -0.15) is 0 Å². The highest BCUT2D eigenvalue weighted by Gasteiger charge is 2.63. The van der Waals surface area contributed by atoms with Crippen molar-refractivity contribution in [2.45, 2.75) is 38.3 Å². The van der Waals surface area contributed by atoms with Gasteiger partial charge in [-0.25, -0.2) is 9.69 Å². The molecule has 0 N–H and O–H groups in total. The van der Waals surface area contributed by atoms with E-state index in [0.29, 0.717) is 22.2 Å². The zero-order valence-electron chi connectivity index (χ0n) is 17.5. The summed E-state index contributed by atoms with van der Waals surface area (Å²) in [6.45, 7) is 3.64. The summed E-state index contributed by atoms with van der Waals surface area (Å²) in [6.07, 6.45) is -0.0409. The van der Waals surface area contributed by atoms with Gasteiger partial charge < -0.3 is 9.64 Å². The Labute approximate surface area is 204 Å². The van der Waals surface area contributed by atoms with Gasteiger partial charge in [0.1, 0.15) is 11.6 Å². The summed E-state index contributed by atoms with van der Waals surface area (Å²) in [4.78, 5) is 42.1. The summed E-state index contributed by atoms with van der Waals surface area (Å²) < 4.78 is 6.53. The number of carbonyl (C=O) groups excluding carboxylic acids is 3. The van der Waals surface area contributed by atoms with E-state index in [1.807, 2.05) is 24.3 Å². The maximum atomic E-state index is 13.8. The molecule has 0 spiro atoms. The van der Waals surface area contributed by atoms with Crippen LogP contribution in [0.3, 0.4) is 0 Å². The minimum absolute atomic E-state index is 0.143. The average Bonchev–Trinajstić information content (AvgIpc) is 3.16. The number of anilines is 1. The summed E-state index contributed by atoms with van der Waals surface area (Å²) in [7, 11) is 0. The van der Waals surface area contributed by atoms with Crippen molar-refractivity contribution in [3.8, 4) is 0 Å². The van der Waals surface area contributed by atoms with E-state index >= 15 is 0 Å². The lowest BCUT2D eigenvalue weighted by molar-refractivity contribution is -0.152. The third-order valence-electron chi connectivity index (χ3n) is 5.76. The van der Waals surface area contributed by atoms with Crippen LogP contribution in [-0.2, 0) is 20.7 Å². The Bertz CT molecular complexity index is 1070. The molecule has 2 fully saturated rings. The van der Waals surface area contributed by atoms with E-state index in [9.17, 15) is 14.4 Å². The third kappa shape index (κ3) is 4.14. The van der Waals surface area contributed by atoms with E-state index < -0.39 is 17.7 Å². The van der Waals surface area contributed by atoms with Crippen LogP contribution in [0.15, 0.2) is 46.9 Å². The molecule has 3 amide bonds. The van der Waals surface area contributed by atoms with Gasteiger partial charge in [0.05, 0.1) is 18.2 Å². The molecule has 0 aromatic heterocycles. The van der Waals surface area contributed by atoms with Crippen molar-refractivity contribution in [1.82, 2.24) is 4.90 Å². The topological polar surface area (TPSA) is 66.9 Å². The number of esters is 1. The summed E-state index contributed by atoms with van der Waals surface area (Å²) in [5, 5.41) is 0.650. The molecule has 2 aliphatic heterocycles. The molecule has 2 saturated heterocycles. The minimum Gasteiger partial charge on any atom is -0.460 e. The molecule has 0 aliphatic carbocycles. The molecule has 2 aliphatic rings. The molecule has 2 atom stereocenters. The average molecular weight is 540 g/mol. The number of carbonyl (C=O) groups is 3. The second-order valence-electron chi connectivity index (χ2n) is 8.41. The molecule has 2 heterocycles. The molecule has 9 heteroatoms. The molecule has 32 heavy (non-hydrogen) atoms. The fourth-order valence-electron chi connectivity index (χ4n) is 4.27. The number of ether oxygens (including phenoxy) is 1. The highest BCUT2D eigenvalue weighted by molar-refractivity contribution is 9.10. The van der Waals surface area contributed by atoms with Crippen molar-refractivity contribution in [2.75, 3.05) is 11.4 Å². The zero-order chi connectivity index (χ0) is 23.2. The monoisotopic (exact) mass is 538 g/mol. The lowest BCUT2D eigenvalue weighted by atomic mass is 9.87. The second kappa shape index (κ2) is 8.69. The first-order chi connectivity index (χ1) is 15.1. The highest BCUT2D eigenvalue weighted by atomic mass is 79.9. The number of hydrogen-bond donors (Lipinski definition) is 0. The number of urea groups is 1. The van der Waals surface area contributed by atoms with Crippen LogP contribution < -0.4 is 4.90 Å². The molecule has 2 aromatic rings. The summed E-state index contributed by atoms with van der Waals surface area (Å²) in [5.74, 6) is -1.04. The van der Waals surface area contributed by atoms with E-state index in [1.54, 1.807) is 13.8 Å². The predicted octanol–water partition coefficient (Wildman–Crippen LogP) is 5.48. The largest absolute Gasteiger partial charge is 0.460 e. The van der Waals surface area contributed by atoms with E-state index in [1.165, 1.54) is 23.1 Å². The van der Waals surface area contributed by atoms with Crippen LogP contribution >= 0.6 is 39.1 Å². The van der Waals surface area contributed by atoms with Crippen LogP contribution in [0.2, 0.25) is 10.0 Å². The summed E-state index contributed by atoms with van der Waals surface area (Å²) >= 11 is 15.7. The molecule has 2 unspecified atom stereocenters. The second-order valence-corrected chi connectivity index (χ2v) is 10.2. The number of fused-ring (bicyclic) bond motifs is 1. The van der Waals surface area contributed by atoms with Crippen molar-refractivity contribution >= 4 is 62.7 Å². The van der Waals surface area contributed by atoms with Gasteiger partial charge in [-0.1, -0.05) is 65.1 Å². The Morgan fingerprint density at radius 2 is 1.78 bits per heavy atom. The standard InChI is InChI=1S/C23H21BrCl2N2O4/c1-13(2)20(29)32-19-11-23(10-14-3-5-15(24)6-4-14)21(30)28(22(31)27(23)12-19)18-8-16(25)7-17(26)9-18/h3-9,13,19H,10-12H2,1-2H3. The zero-order valence-corrected chi connectivity index (χ0v) is 20.6. The van der Waals surface area contributed by atoms with Crippen LogP contribution in [0.4, 0.5) is 10.5 Å². The van der Waals surface area contributed by atoms with Crippen molar-refractivity contribution in [3.63, 3.8) is 0 Å². The Kier molecular flexibility index (Phi) is 6.27. The summed E-state index contributed by atoms with van der Waals surface area (Å²) in [5.41, 5.74) is 0.0423. The number of nitrogens with zero attached hydrogens (tertiary/aromatic N) is 2. The molecule has 0 saturated carbocycles. The number of imide groups is 1. The molecular weight excluding hydrogens is 519 g/mol. The SMILES string of the molecule is CC(C)C(=O)OC1CN2C(=O)N(c3cc(Cl)cc(Cl)c3)C(=O)C2(Cc2ccc(Br)cc2)C1. The maximum Gasteiger partial charge on any atom is 0.332 e. The van der Waals surface area contributed by atoms with Gasteiger partial charge in [-0.3, -0.25) is 9.59 Å². The fraction of sp³-hybridized carbons (Fsp3) is 0.348. The van der Waals surface area contributed by atoms with Crippen molar-refractivity contribution in [2.24, 2.45) is 5.92 Å². The lowest BCUT2D eigenvalue weighted by Gasteiger charge is -2.28. The quantitative estimate of drug-likeness (QED) is 0.373. The highest BCUT2D eigenvalue weighted by Crippen LogP contribution is 2.44. The Morgan fingerprint density at radius 1 is 1.16 bits per heavy atom. The van der Waals surface area contributed by atoms with Crippen LogP contribution in [0.25, 0.3) is 0 Å². The van der Waals surface area contributed by atoms with Gasteiger partial charge in [0, 0.05) is 27.4 Å². The Balaban J connectivity index is 1.72. The molecule has 6 nitrogen and oxygen atoms in total. The number of amides is 3. The molecule has 2 aromatic carbocycles. The smallest absolute Gasteiger partial charge is 0.332 e. The van der Waals surface area contributed by atoms with Crippen molar-refractivity contribution in [3.05, 3.63) is 62.5 Å². The maximum absolute atomic E-state index is 13.8. The van der Waals surface area contributed by atoms with Gasteiger partial charge >= 0.3 is 12.0 Å². The summed E-state index contributed by atoms with van der Waals surface area (Å²) in [6, 6.07) is 11.7. The Morgan fingerprint density at radius 3 is 2.38 bits per heavy atom. The fourth-order valence-corrected chi connectivity index (χ4v) is 5.05. The third-order valence-corrected chi connectivity index (χ3v) is 6.73. The molecule has 4 rings (SSSR count). The first-order valence-corrected chi connectivity index (χ1v) is 11.7. The van der Waals surface area contributed by atoms with E-state index in [4.69, 9.17) is 27.9 Å². The van der Waals surface area contributed by atoms with E-state index in [2.05, 4.69) is 15.9 Å². The number of hydrogen-bond acceptors (Lipinski definition) is 4. The van der Waals surface area contributed by atoms with Gasteiger partial charge in [-0.15, -0.1) is 0 Å². The number of halogens is 3. The van der Waals surface area contributed by atoms with E-state index in [0.717, 1.165) is 14.9 Å². The van der Waals surface area contributed by atoms with Crippen LogP contribution in [0, 0.1) is 5.92 Å². The van der Waals surface area contributed by atoms with Gasteiger partial charge in [0.15, 0.2) is 0 Å². The van der Waals surface area contributed by atoms with Crippen molar-refractivity contribution < 1.29 is 19.1 Å². The number of benzene rings is 2. The normalized spacial score (nSPS) is 22.6. The van der Waals surface area contributed by atoms with Crippen molar-refractivity contribution in [1.29, 1.82) is 0 Å². The number of rotatable bonds is 5. The molecular formula is C23H21BrCl2N2O4. The first-order valence-electron chi connectivity index (χ1n) is 10.2. The van der Waals surface area contributed by atoms with E-state index in [-0.39, 0.29) is 30.8 Å². The predicted molar refractivity (Wildman–Crippen MR) is 126 cm³/mol.